The third-order valence-corrected chi connectivity index (χ3v) is 3.78. The van der Waals surface area contributed by atoms with E-state index in [1.54, 1.807) is 6.92 Å². The summed E-state index contributed by atoms with van der Waals surface area (Å²) in [6, 6.07) is 0. The summed E-state index contributed by atoms with van der Waals surface area (Å²) in [5.74, 6) is -0.115. The second-order valence-electron chi connectivity index (χ2n) is 5.99. The number of carbonyl (C=O) groups excluding carboxylic acids is 1. The van der Waals surface area contributed by atoms with E-state index in [2.05, 4.69) is 6.92 Å². The van der Waals surface area contributed by atoms with Crippen LogP contribution in [0.3, 0.4) is 0 Å². The molecular formula is C14H25BO4. The van der Waals surface area contributed by atoms with E-state index in [4.69, 9.17) is 14.0 Å². The molecule has 0 spiro atoms. The van der Waals surface area contributed by atoms with Crippen molar-refractivity contribution >= 4 is 13.1 Å². The summed E-state index contributed by atoms with van der Waals surface area (Å²) in [7, 11) is -0.239. The molecule has 0 aromatic heterocycles. The van der Waals surface area contributed by atoms with Gasteiger partial charge in [0, 0.05) is 6.08 Å². The molecule has 0 amide bonds. The fraction of sp³-hybridized carbons (Fsp3) is 0.786. The maximum atomic E-state index is 11.2. The fourth-order valence-corrected chi connectivity index (χ4v) is 1.80. The van der Waals surface area contributed by atoms with Crippen LogP contribution in [0.25, 0.3) is 0 Å². The molecule has 4 nitrogen and oxygen atoms in total. The molecule has 0 aliphatic carbocycles. The summed E-state index contributed by atoms with van der Waals surface area (Å²) in [6.45, 7) is 12.4. The van der Waals surface area contributed by atoms with Crippen LogP contribution >= 0.6 is 0 Å². The highest BCUT2D eigenvalue weighted by Crippen LogP contribution is 2.40. The summed E-state index contributed by atoms with van der Waals surface area (Å²) in [6.07, 6.45) is 3.99. The SMILES string of the molecule is CCOC(=O)/C=C/CC(C)B1OC(C)(C)C(C)(C)O1. The highest BCUT2D eigenvalue weighted by molar-refractivity contribution is 6.47. The molecule has 0 aromatic rings. The molecule has 1 rings (SSSR count). The molecule has 0 radical (unpaired) electrons. The minimum atomic E-state index is -0.309. The first-order chi connectivity index (χ1) is 8.69. The zero-order chi connectivity index (χ0) is 14.7. The van der Waals surface area contributed by atoms with Crippen molar-refractivity contribution < 1.29 is 18.8 Å². The van der Waals surface area contributed by atoms with Gasteiger partial charge in [0.2, 0.25) is 0 Å². The molecule has 0 N–H and O–H groups in total. The van der Waals surface area contributed by atoms with E-state index in [1.165, 1.54) is 6.08 Å². The average molecular weight is 268 g/mol. The van der Waals surface area contributed by atoms with Crippen molar-refractivity contribution in [3.05, 3.63) is 12.2 Å². The summed E-state index contributed by atoms with van der Waals surface area (Å²) in [4.78, 5) is 11.2. The highest BCUT2D eigenvalue weighted by atomic mass is 16.7. The standard InChI is InChI=1S/C14H25BO4/c1-7-17-12(16)10-8-9-11(2)15-18-13(3,4)14(5,6)19-15/h8,10-11H,7,9H2,1-6H3/b10-8+. The number of carbonyl (C=O) groups is 1. The monoisotopic (exact) mass is 268 g/mol. The summed E-state index contributed by atoms with van der Waals surface area (Å²) >= 11 is 0. The van der Waals surface area contributed by atoms with E-state index in [0.717, 1.165) is 6.42 Å². The van der Waals surface area contributed by atoms with Gasteiger partial charge >= 0.3 is 13.1 Å². The van der Waals surface area contributed by atoms with E-state index in [0.29, 0.717) is 6.61 Å². The van der Waals surface area contributed by atoms with Crippen LogP contribution in [0.5, 0.6) is 0 Å². The molecule has 0 bridgehead atoms. The Morgan fingerprint density at radius 3 is 2.26 bits per heavy atom. The molecule has 1 aliphatic heterocycles. The predicted octanol–water partition coefficient (Wildman–Crippen LogP) is 2.98. The minimum Gasteiger partial charge on any atom is -0.463 e. The van der Waals surface area contributed by atoms with Crippen LogP contribution in [0.4, 0.5) is 0 Å². The molecule has 108 valence electrons. The lowest BCUT2D eigenvalue weighted by Crippen LogP contribution is -2.41. The van der Waals surface area contributed by atoms with Crippen molar-refractivity contribution in [3.63, 3.8) is 0 Å². The minimum absolute atomic E-state index is 0.187. The average Bonchev–Trinajstić information content (AvgIpc) is 2.48. The molecule has 1 aliphatic rings. The Hall–Kier alpha value is -0.805. The first-order valence-corrected chi connectivity index (χ1v) is 6.88. The molecule has 1 heterocycles. The number of hydrogen-bond acceptors (Lipinski definition) is 4. The smallest absolute Gasteiger partial charge is 0.461 e. The molecule has 1 unspecified atom stereocenters. The largest absolute Gasteiger partial charge is 0.463 e. The van der Waals surface area contributed by atoms with E-state index >= 15 is 0 Å². The third kappa shape index (κ3) is 4.08. The van der Waals surface area contributed by atoms with E-state index in [9.17, 15) is 4.79 Å². The Labute approximate surface area is 116 Å². The zero-order valence-corrected chi connectivity index (χ0v) is 12.9. The van der Waals surface area contributed by atoms with Gasteiger partial charge in [0.15, 0.2) is 0 Å². The summed E-state index contributed by atoms with van der Waals surface area (Å²) < 4.78 is 16.7. The lowest BCUT2D eigenvalue weighted by Gasteiger charge is -2.32. The van der Waals surface area contributed by atoms with Crippen molar-refractivity contribution in [1.82, 2.24) is 0 Å². The molecule has 1 atom stereocenters. The number of allylic oxidation sites excluding steroid dienone is 1. The Balaban J connectivity index is 2.48. The van der Waals surface area contributed by atoms with E-state index in [-0.39, 0.29) is 30.1 Å². The maximum Gasteiger partial charge on any atom is 0.461 e. The second-order valence-corrected chi connectivity index (χ2v) is 5.99. The molecular weight excluding hydrogens is 243 g/mol. The van der Waals surface area contributed by atoms with E-state index < -0.39 is 0 Å². The van der Waals surface area contributed by atoms with Crippen LogP contribution < -0.4 is 0 Å². The Morgan fingerprint density at radius 2 is 1.79 bits per heavy atom. The molecule has 1 saturated heterocycles. The van der Waals surface area contributed by atoms with Crippen molar-refractivity contribution in [2.75, 3.05) is 6.61 Å². The van der Waals surface area contributed by atoms with Crippen molar-refractivity contribution in [1.29, 1.82) is 0 Å². The van der Waals surface area contributed by atoms with Crippen molar-refractivity contribution in [3.8, 4) is 0 Å². The number of esters is 1. The summed E-state index contributed by atoms with van der Waals surface area (Å²) in [5, 5.41) is 0. The van der Waals surface area contributed by atoms with Crippen LogP contribution in [0, 0.1) is 0 Å². The second kappa shape index (κ2) is 6.10. The van der Waals surface area contributed by atoms with Crippen LogP contribution in [-0.4, -0.2) is 30.9 Å². The third-order valence-electron chi connectivity index (χ3n) is 3.78. The van der Waals surface area contributed by atoms with Gasteiger partial charge in [0.25, 0.3) is 0 Å². The van der Waals surface area contributed by atoms with Gasteiger partial charge in [-0.15, -0.1) is 0 Å². The van der Waals surface area contributed by atoms with Crippen LogP contribution in [0.1, 0.15) is 48.0 Å². The topological polar surface area (TPSA) is 44.8 Å². The van der Waals surface area contributed by atoms with Gasteiger partial charge in [0.1, 0.15) is 0 Å². The van der Waals surface area contributed by atoms with Gasteiger partial charge in [-0.3, -0.25) is 0 Å². The lowest BCUT2D eigenvalue weighted by atomic mass is 9.71. The first kappa shape index (κ1) is 16.2. The van der Waals surface area contributed by atoms with Crippen LogP contribution in [-0.2, 0) is 18.8 Å². The lowest BCUT2D eigenvalue weighted by molar-refractivity contribution is -0.137. The number of hydrogen-bond donors (Lipinski definition) is 0. The van der Waals surface area contributed by atoms with Gasteiger partial charge in [-0.2, -0.15) is 0 Å². The predicted molar refractivity (Wildman–Crippen MR) is 75.9 cm³/mol. The normalized spacial score (nSPS) is 22.7. The van der Waals surface area contributed by atoms with Crippen LogP contribution in [0.15, 0.2) is 12.2 Å². The van der Waals surface area contributed by atoms with Crippen molar-refractivity contribution in [2.45, 2.75) is 65.0 Å². The highest BCUT2D eigenvalue weighted by Gasteiger charge is 2.52. The number of rotatable bonds is 5. The van der Waals surface area contributed by atoms with Gasteiger partial charge < -0.3 is 14.0 Å². The maximum absolute atomic E-state index is 11.2. The van der Waals surface area contributed by atoms with Gasteiger partial charge in [-0.05, 0) is 46.9 Å². The molecule has 0 saturated carbocycles. The van der Waals surface area contributed by atoms with Gasteiger partial charge in [-0.1, -0.05) is 13.0 Å². The molecule has 5 heteroatoms. The Morgan fingerprint density at radius 1 is 1.26 bits per heavy atom. The summed E-state index contributed by atoms with van der Waals surface area (Å²) in [5.41, 5.74) is -0.617. The van der Waals surface area contributed by atoms with Gasteiger partial charge in [-0.25, -0.2) is 4.79 Å². The molecule has 1 fully saturated rings. The number of ether oxygens (including phenoxy) is 1. The fourth-order valence-electron chi connectivity index (χ4n) is 1.80. The van der Waals surface area contributed by atoms with Crippen LogP contribution in [0.2, 0.25) is 5.82 Å². The van der Waals surface area contributed by atoms with Gasteiger partial charge in [0.05, 0.1) is 17.8 Å². The molecule has 19 heavy (non-hydrogen) atoms. The zero-order valence-electron chi connectivity index (χ0n) is 12.9. The Kier molecular flexibility index (Phi) is 5.22. The molecule has 0 aromatic carbocycles. The quantitative estimate of drug-likeness (QED) is 0.437. The Bertz CT molecular complexity index is 333. The first-order valence-electron chi connectivity index (χ1n) is 6.88. The van der Waals surface area contributed by atoms with E-state index in [1.807, 2.05) is 33.8 Å². The van der Waals surface area contributed by atoms with Crippen molar-refractivity contribution in [2.24, 2.45) is 0 Å².